The molecule has 1 nitrogen and oxygen atoms in total. The largest absolute Gasteiger partial charge is 0.222 e. The Balaban J connectivity index is 2.00. The fourth-order valence-electron chi connectivity index (χ4n) is 6.19. The summed E-state index contributed by atoms with van der Waals surface area (Å²) in [6, 6.07) is 9.09. The van der Waals surface area contributed by atoms with Crippen molar-refractivity contribution in [1.29, 1.82) is 0 Å². The molecule has 5 rings (SSSR count). The Morgan fingerprint density at radius 3 is 2.47 bits per heavy atom. The molecule has 32 heavy (non-hydrogen) atoms. The van der Waals surface area contributed by atoms with Crippen molar-refractivity contribution >= 4 is 16.8 Å². The minimum Gasteiger partial charge on any atom is -0.206 e. The highest BCUT2D eigenvalue weighted by atomic mass is 19.1. The molecule has 2 aromatic carbocycles. The first kappa shape index (κ1) is 21.4. The molecule has 2 heterocycles. The van der Waals surface area contributed by atoms with Gasteiger partial charge in [-0.2, -0.15) is 4.57 Å². The van der Waals surface area contributed by atoms with Gasteiger partial charge in [0.05, 0.1) is 10.9 Å². The van der Waals surface area contributed by atoms with Crippen molar-refractivity contribution in [2.24, 2.45) is 0 Å². The lowest BCUT2D eigenvalue weighted by Crippen LogP contribution is -2.56. The Morgan fingerprint density at radius 2 is 1.78 bits per heavy atom. The van der Waals surface area contributed by atoms with Gasteiger partial charge in [0, 0.05) is 29.9 Å². The van der Waals surface area contributed by atoms with E-state index in [-0.39, 0.29) is 11.4 Å². The molecule has 0 unspecified atom stereocenters. The third kappa shape index (κ3) is 2.71. The van der Waals surface area contributed by atoms with Crippen LogP contribution in [0.15, 0.2) is 36.5 Å². The molecule has 0 amide bonds. The molecule has 0 saturated carbocycles. The first-order valence-electron chi connectivity index (χ1n) is 12.3. The van der Waals surface area contributed by atoms with E-state index in [1.54, 1.807) is 0 Å². The Bertz CT molecular complexity index is 1270. The van der Waals surface area contributed by atoms with Crippen molar-refractivity contribution in [1.82, 2.24) is 0 Å². The van der Waals surface area contributed by atoms with Gasteiger partial charge in [-0.3, -0.25) is 0 Å². The highest BCUT2D eigenvalue weighted by Gasteiger charge is 2.46. The number of aromatic nitrogens is 1. The quantitative estimate of drug-likeness (QED) is 0.366. The summed E-state index contributed by atoms with van der Waals surface area (Å²) < 4.78 is 18.4. The summed E-state index contributed by atoms with van der Waals surface area (Å²) in [5.74, 6) is -0.0455. The summed E-state index contributed by atoms with van der Waals surface area (Å²) in [4.78, 5) is 0. The van der Waals surface area contributed by atoms with Gasteiger partial charge in [0.1, 0.15) is 5.82 Å². The molecule has 2 heteroatoms. The summed E-state index contributed by atoms with van der Waals surface area (Å²) in [7, 11) is 0. The van der Waals surface area contributed by atoms with E-state index in [0.29, 0.717) is 0 Å². The SMILES string of the molecule is CCCCc1cc2c3c4[n+](ccc3c1)C(CC)(CC)C=Cc1cc(C)c(F)c(c1-4)C2(C)C. The van der Waals surface area contributed by atoms with E-state index in [2.05, 4.69) is 75.7 Å². The van der Waals surface area contributed by atoms with Crippen LogP contribution >= 0.6 is 0 Å². The fourth-order valence-corrected chi connectivity index (χ4v) is 6.19. The number of pyridine rings is 1. The number of nitrogens with zero attached hydrogens (tertiary/aromatic N) is 1. The number of halogens is 1. The molecule has 0 fully saturated rings. The summed E-state index contributed by atoms with van der Waals surface area (Å²) in [6.07, 6.45) is 12.3. The predicted molar refractivity (Wildman–Crippen MR) is 133 cm³/mol. The van der Waals surface area contributed by atoms with Crippen molar-refractivity contribution in [3.05, 3.63) is 70.2 Å². The van der Waals surface area contributed by atoms with E-state index >= 15 is 4.39 Å². The van der Waals surface area contributed by atoms with E-state index in [0.717, 1.165) is 41.5 Å². The van der Waals surface area contributed by atoms with Crippen LogP contribution in [0.25, 0.3) is 28.1 Å². The zero-order valence-electron chi connectivity index (χ0n) is 20.4. The molecule has 1 aliphatic heterocycles. The van der Waals surface area contributed by atoms with Gasteiger partial charge in [-0.15, -0.1) is 0 Å². The highest BCUT2D eigenvalue weighted by Crippen LogP contribution is 2.52. The van der Waals surface area contributed by atoms with E-state index in [4.69, 9.17) is 0 Å². The van der Waals surface area contributed by atoms with Gasteiger partial charge in [-0.05, 0) is 59.5 Å². The van der Waals surface area contributed by atoms with Crippen LogP contribution in [0.2, 0.25) is 0 Å². The summed E-state index contributed by atoms with van der Waals surface area (Å²) in [5, 5.41) is 2.60. The number of allylic oxidation sites excluding steroid dienone is 1. The monoisotopic (exact) mass is 428 g/mol. The lowest BCUT2D eigenvalue weighted by atomic mass is 9.67. The van der Waals surface area contributed by atoms with Gasteiger partial charge >= 0.3 is 0 Å². The van der Waals surface area contributed by atoms with E-state index in [1.165, 1.54) is 40.4 Å². The van der Waals surface area contributed by atoms with Crippen LogP contribution in [0.3, 0.4) is 0 Å². The number of benzene rings is 2. The van der Waals surface area contributed by atoms with Crippen molar-refractivity contribution in [2.45, 2.75) is 84.6 Å². The average Bonchev–Trinajstić information content (AvgIpc) is 2.92. The maximum atomic E-state index is 16.0. The van der Waals surface area contributed by atoms with Gasteiger partial charge in [-0.25, -0.2) is 4.39 Å². The maximum Gasteiger partial charge on any atom is 0.222 e. The zero-order valence-corrected chi connectivity index (χ0v) is 20.4. The minimum atomic E-state index is -0.397. The highest BCUT2D eigenvalue weighted by molar-refractivity contribution is 6.02. The molecule has 0 N–H and O–H groups in total. The van der Waals surface area contributed by atoms with Crippen LogP contribution in [-0.2, 0) is 17.4 Å². The molecule has 166 valence electrons. The Labute approximate surface area is 192 Å². The van der Waals surface area contributed by atoms with Crippen molar-refractivity contribution < 1.29 is 8.96 Å². The molecule has 0 bridgehead atoms. The van der Waals surface area contributed by atoms with Crippen LogP contribution in [0.4, 0.5) is 4.39 Å². The van der Waals surface area contributed by atoms with Gasteiger partial charge in [0.25, 0.3) is 0 Å². The van der Waals surface area contributed by atoms with Crippen LogP contribution in [0.5, 0.6) is 0 Å². The average molecular weight is 429 g/mol. The maximum absolute atomic E-state index is 16.0. The Morgan fingerprint density at radius 1 is 1.03 bits per heavy atom. The smallest absolute Gasteiger partial charge is 0.206 e. The van der Waals surface area contributed by atoms with E-state index < -0.39 is 5.41 Å². The van der Waals surface area contributed by atoms with Gasteiger partial charge in [0.15, 0.2) is 11.7 Å². The Kier molecular flexibility index (Phi) is 4.85. The first-order valence-corrected chi connectivity index (χ1v) is 12.3. The molecule has 1 aromatic heterocycles. The second-order valence-corrected chi connectivity index (χ2v) is 10.4. The van der Waals surface area contributed by atoms with Crippen molar-refractivity contribution in [3.8, 4) is 11.3 Å². The lowest BCUT2D eigenvalue weighted by molar-refractivity contribution is -0.742. The second-order valence-electron chi connectivity index (χ2n) is 10.4. The summed E-state index contributed by atoms with van der Waals surface area (Å²) >= 11 is 0. The number of unbranched alkanes of at least 4 members (excludes halogenated alkanes) is 1. The van der Waals surface area contributed by atoms with Gasteiger partial charge < -0.3 is 0 Å². The van der Waals surface area contributed by atoms with Crippen LogP contribution in [0, 0.1) is 12.7 Å². The number of hydrogen-bond acceptors (Lipinski definition) is 0. The van der Waals surface area contributed by atoms with Crippen molar-refractivity contribution in [2.75, 3.05) is 0 Å². The molecule has 0 spiro atoms. The van der Waals surface area contributed by atoms with E-state index in [9.17, 15) is 0 Å². The molecular weight excluding hydrogens is 393 g/mol. The molecule has 0 saturated heterocycles. The Hall–Kier alpha value is -2.48. The summed E-state index contributed by atoms with van der Waals surface area (Å²) in [5.41, 5.74) is 7.19. The third-order valence-corrected chi connectivity index (χ3v) is 8.22. The number of hydrogen-bond donors (Lipinski definition) is 0. The normalized spacial score (nSPS) is 17.0. The van der Waals surface area contributed by atoms with Crippen LogP contribution < -0.4 is 4.57 Å². The van der Waals surface area contributed by atoms with Crippen molar-refractivity contribution in [3.63, 3.8) is 0 Å². The minimum absolute atomic E-state index is 0.0455. The van der Waals surface area contributed by atoms with Gasteiger partial charge in [-0.1, -0.05) is 59.2 Å². The van der Waals surface area contributed by atoms with Crippen LogP contribution in [-0.4, -0.2) is 0 Å². The molecule has 3 aromatic rings. The molecular formula is C30H35FN+. The topological polar surface area (TPSA) is 3.88 Å². The number of rotatable bonds is 5. The lowest BCUT2D eigenvalue weighted by Gasteiger charge is -2.36. The fraction of sp³-hybridized carbons (Fsp3) is 0.433. The third-order valence-electron chi connectivity index (χ3n) is 8.22. The number of aryl methyl sites for hydroxylation is 2. The predicted octanol–water partition coefficient (Wildman–Crippen LogP) is 7.77. The summed E-state index contributed by atoms with van der Waals surface area (Å²) in [6.45, 7) is 13.1. The van der Waals surface area contributed by atoms with Gasteiger partial charge in [0.2, 0.25) is 5.69 Å². The zero-order chi connectivity index (χ0) is 22.8. The first-order chi connectivity index (χ1) is 15.3. The molecule has 0 radical (unpaired) electrons. The van der Waals surface area contributed by atoms with E-state index in [1.807, 2.05) is 13.0 Å². The second kappa shape index (κ2) is 7.27. The molecule has 2 aliphatic rings. The van der Waals surface area contributed by atoms with Crippen LogP contribution in [0.1, 0.15) is 88.1 Å². The molecule has 1 aliphatic carbocycles. The standard InChI is InChI=1S/C30H35FN/c1-7-10-11-20-17-22-13-15-32-28-24(22)23(18-20)29(5,6)26-25(28)21(16-19(4)27(26)31)12-14-30(32,8-2)9-3/h12-18H,7-11H2,1-6H3/q+1. The molecule has 0 atom stereocenters.